The topological polar surface area (TPSA) is 84.5 Å². The van der Waals surface area contributed by atoms with Gasteiger partial charge in [-0.15, -0.1) is 0 Å². The van der Waals surface area contributed by atoms with Crippen molar-refractivity contribution >= 4 is 35.3 Å². The van der Waals surface area contributed by atoms with Crippen LogP contribution in [0.3, 0.4) is 0 Å². The van der Waals surface area contributed by atoms with Crippen molar-refractivity contribution in [3.8, 4) is 11.1 Å². The largest absolute Gasteiger partial charge is 0.465 e. The number of carbonyl (C=O) groups excluding carboxylic acids is 2. The third kappa shape index (κ3) is 5.30. The van der Waals surface area contributed by atoms with E-state index in [-0.39, 0.29) is 11.8 Å². The van der Waals surface area contributed by atoms with Crippen LogP contribution in [0.15, 0.2) is 155 Å². The van der Waals surface area contributed by atoms with E-state index in [9.17, 15) is 9.59 Å². The molecule has 0 radical (unpaired) electrons. The van der Waals surface area contributed by atoms with E-state index in [1.807, 2.05) is 24.3 Å². The van der Waals surface area contributed by atoms with E-state index in [0.717, 1.165) is 11.1 Å². The Morgan fingerprint density at radius 3 is 1.33 bits per heavy atom. The Kier molecular flexibility index (Phi) is 7.29. The highest BCUT2D eigenvalue weighted by Gasteiger charge is 2.45. The molecule has 218 valence electrons. The van der Waals surface area contributed by atoms with Crippen LogP contribution in [0.4, 0.5) is 11.4 Å². The van der Waals surface area contributed by atoms with Gasteiger partial charge in [-0.1, -0.05) is 72.8 Å². The summed E-state index contributed by atoms with van der Waals surface area (Å²) in [5.41, 5.74) is 7.56. The van der Waals surface area contributed by atoms with Crippen molar-refractivity contribution < 1.29 is 18.4 Å². The van der Waals surface area contributed by atoms with Crippen molar-refractivity contribution in [1.82, 2.24) is 0 Å². The second-order valence-corrected chi connectivity index (χ2v) is 10.7. The first-order valence-corrected chi connectivity index (χ1v) is 14.6. The summed E-state index contributed by atoms with van der Waals surface area (Å²) in [7, 11) is 0. The van der Waals surface area contributed by atoms with E-state index >= 15 is 0 Å². The summed E-state index contributed by atoms with van der Waals surface area (Å²) in [5.74, 6) is 0.720. The van der Waals surface area contributed by atoms with Gasteiger partial charge in [0.15, 0.2) is 0 Å². The zero-order valence-corrected chi connectivity index (χ0v) is 24.1. The Bertz CT molecular complexity index is 1870. The van der Waals surface area contributed by atoms with Crippen LogP contribution in [-0.4, -0.2) is 11.8 Å². The molecule has 0 bridgehead atoms. The number of amides is 2. The molecule has 0 saturated heterocycles. The Morgan fingerprint density at radius 1 is 0.511 bits per heavy atom. The molecule has 0 aliphatic heterocycles. The first-order valence-electron chi connectivity index (χ1n) is 14.6. The molecule has 7 rings (SSSR count). The molecule has 6 nitrogen and oxygen atoms in total. The molecule has 6 aromatic rings. The number of hydrogen-bond donors (Lipinski definition) is 2. The Balaban J connectivity index is 1.24. The van der Waals surface area contributed by atoms with Gasteiger partial charge in [-0.3, -0.25) is 9.59 Å². The number of fused-ring (bicyclic) bond motifs is 3. The predicted molar refractivity (Wildman–Crippen MR) is 176 cm³/mol. The average Bonchev–Trinajstić information content (AvgIpc) is 3.85. The van der Waals surface area contributed by atoms with Crippen molar-refractivity contribution in [3.05, 3.63) is 180 Å². The molecule has 1 aliphatic rings. The number of rotatable bonds is 8. The van der Waals surface area contributed by atoms with E-state index in [1.54, 1.807) is 48.9 Å². The van der Waals surface area contributed by atoms with Crippen LogP contribution >= 0.6 is 0 Å². The van der Waals surface area contributed by atoms with Crippen molar-refractivity contribution in [1.29, 1.82) is 0 Å². The van der Waals surface area contributed by atoms with Gasteiger partial charge in [0.05, 0.1) is 17.9 Å². The molecule has 6 heteroatoms. The lowest BCUT2D eigenvalue weighted by Gasteiger charge is -2.34. The minimum atomic E-state index is -0.614. The summed E-state index contributed by atoms with van der Waals surface area (Å²) < 4.78 is 10.5. The van der Waals surface area contributed by atoms with E-state index in [1.165, 1.54) is 34.4 Å². The summed E-state index contributed by atoms with van der Waals surface area (Å²) >= 11 is 0. The standard InChI is InChI=1S/C39H28N2O4/c42-37(23-21-31-7-5-25-44-31)40-29-17-13-27(14-18-29)39(35-11-3-1-9-33(35)34-10-2-4-12-36(34)39)28-15-19-30(20-16-28)41-38(43)24-22-32-8-6-26-45-32/h1-26H,(H,40,42)(H,41,43). The van der Waals surface area contributed by atoms with Crippen LogP contribution in [0.1, 0.15) is 33.8 Å². The Morgan fingerprint density at radius 2 is 0.933 bits per heavy atom. The highest BCUT2D eigenvalue weighted by atomic mass is 16.3. The third-order valence-corrected chi connectivity index (χ3v) is 8.01. The van der Waals surface area contributed by atoms with E-state index < -0.39 is 5.41 Å². The van der Waals surface area contributed by atoms with Crippen molar-refractivity contribution in [2.45, 2.75) is 5.41 Å². The molecule has 2 aromatic heterocycles. The second-order valence-electron chi connectivity index (χ2n) is 10.7. The van der Waals surface area contributed by atoms with E-state index in [0.29, 0.717) is 22.9 Å². The van der Waals surface area contributed by atoms with Crippen LogP contribution in [0, 0.1) is 0 Å². The highest BCUT2D eigenvalue weighted by molar-refractivity contribution is 6.02. The predicted octanol–water partition coefficient (Wildman–Crippen LogP) is 8.54. The zero-order chi connectivity index (χ0) is 30.6. The highest BCUT2D eigenvalue weighted by Crippen LogP contribution is 2.56. The summed E-state index contributed by atoms with van der Waals surface area (Å²) in [4.78, 5) is 25.2. The third-order valence-electron chi connectivity index (χ3n) is 8.01. The minimum absolute atomic E-state index is 0.248. The number of hydrogen-bond acceptors (Lipinski definition) is 4. The molecular formula is C39H28N2O4. The van der Waals surface area contributed by atoms with Gasteiger partial charge in [0.1, 0.15) is 11.5 Å². The minimum Gasteiger partial charge on any atom is -0.465 e. The molecule has 0 fully saturated rings. The molecule has 2 N–H and O–H groups in total. The van der Waals surface area contributed by atoms with E-state index in [2.05, 4.69) is 83.4 Å². The summed E-state index contributed by atoms with van der Waals surface area (Å²) in [6.07, 6.45) is 9.29. The van der Waals surface area contributed by atoms with Crippen molar-refractivity contribution in [3.63, 3.8) is 0 Å². The smallest absolute Gasteiger partial charge is 0.248 e. The number of nitrogens with one attached hydrogen (secondary N) is 2. The van der Waals surface area contributed by atoms with Gasteiger partial charge in [0.25, 0.3) is 0 Å². The summed E-state index contributed by atoms with van der Waals surface area (Å²) in [6, 6.07) is 40.1. The first-order chi connectivity index (χ1) is 22.1. The summed E-state index contributed by atoms with van der Waals surface area (Å²) in [5, 5.41) is 5.88. The monoisotopic (exact) mass is 588 g/mol. The van der Waals surface area contributed by atoms with Crippen LogP contribution in [0.25, 0.3) is 23.3 Å². The maximum atomic E-state index is 12.6. The van der Waals surface area contributed by atoms with Crippen LogP contribution in [0.5, 0.6) is 0 Å². The number of anilines is 2. The molecule has 0 atom stereocenters. The lowest BCUT2D eigenvalue weighted by Crippen LogP contribution is -2.28. The fourth-order valence-corrected chi connectivity index (χ4v) is 6.09. The van der Waals surface area contributed by atoms with Gasteiger partial charge >= 0.3 is 0 Å². The Hall–Kier alpha value is -6.14. The number of furan rings is 2. The van der Waals surface area contributed by atoms with Gasteiger partial charge in [-0.2, -0.15) is 0 Å². The van der Waals surface area contributed by atoms with Gasteiger partial charge < -0.3 is 19.5 Å². The van der Waals surface area contributed by atoms with Crippen LogP contribution in [0.2, 0.25) is 0 Å². The normalized spacial score (nSPS) is 13.1. The fraction of sp³-hybridized carbons (Fsp3) is 0.0256. The average molecular weight is 589 g/mol. The molecular weight excluding hydrogens is 560 g/mol. The molecule has 0 unspecified atom stereocenters. The number of benzene rings is 4. The van der Waals surface area contributed by atoms with Gasteiger partial charge in [-0.05, 0) is 94.1 Å². The van der Waals surface area contributed by atoms with Crippen LogP contribution < -0.4 is 10.6 Å². The molecule has 4 aromatic carbocycles. The SMILES string of the molecule is O=C(C=Cc1ccco1)Nc1ccc(C2(c3ccc(NC(=O)C=Cc4ccco4)cc3)c3ccccc3-c3ccccc32)cc1. The molecule has 0 spiro atoms. The second kappa shape index (κ2) is 11.9. The maximum absolute atomic E-state index is 12.6. The quantitative estimate of drug-likeness (QED) is 0.174. The van der Waals surface area contributed by atoms with E-state index in [4.69, 9.17) is 8.83 Å². The Labute approximate surface area is 260 Å². The fourth-order valence-electron chi connectivity index (χ4n) is 6.09. The van der Waals surface area contributed by atoms with Crippen LogP contribution in [-0.2, 0) is 15.0 Å². The molecule has 45 heavy (non-hydrogen) atoms. The van der Waals surface area contributed by atoms with Gasteiger partial charge in [0.2, 0.25) is 11.8 Å². The zero-order valence-electron chi connectivity index (χ0n) is 24.1. The summed E-state index contributed by atoms with van der Waals surface area (Å²) in [6.45, 7) is 0. The molecule has 0 saturated carbocycles. The van der Waals surface area contributed by atoms with Crippen molar-refractivity contribution in [2.24, 2.45) is 0 Å². The van der Waals surface area contributed by atoms with Gasteiger partial charge in [-0.25, -0.2) is 0 Å². The van der Waals surface area contributed by atoms with Gasteiger partial charge in [0, 0.05) is 23.5 Å². The maximum Gasteiger partial charge on any atom is 0.248 e. The molecule has 1 aliphatic carbocycles. The number of carbonyl (C=O) groups is 2. The lowest BCUT2D eigenvalue weighted by molar-refractivity contribution is -0.112. The molecule has 2 heterocycles. The molecule has 2 amide bonds. The van der Waals surface area contributed by atoms with Crippen molar-refractivity contribution in [2.75, 3.05) is 10.6 Å². The lowest BCUT2D eigenvalue weighted by atomic mass is 9.67. The first kappa shape index (κ1) is 27.7.